The molecule has 0 N–H and O–H groups in total. The predicted octanol–water partition coefficient (Wildman–Crippen LogP) is 2.78. The smallest absolute Gasteiger partial charge is 0.0723 e. The molecule has 0 amide bonds. The molecule has 0 aliphatic carbocycles. The summed E-state index contributed by atoms with van der Waals surface area (Å²) in [7, 11) is 0. The molecule has 3 rings (SSSR count). The van der Waals surface area contributed by atoms with Crippen molar-refractivity contribution in [2.75, 3.05) is 19.6 Å². The molecule has 0 spiro atoms. The van der Waals surface area contributed by atoms with Crippen molar-refractivity contribution >= 4 is 0 Å². The van der Waals surface area contributed by atoms with Crippen LogP contribution in [0.4, 0.5) is 0 Å². The molecule has 1 aromatic rings. The van der Waals surface area contributed by atoms with Crippen LogP contribution in [0.2, 0.25) is 0 Å². The van der Waals surface area contributed by atoms with Crippen molar-refractivity contribution in [3.8, 4) is 0 Å². The maximum Gasteiger partial charge on any atom is 0.0723 e. The zero-order chi connectivity index (χ0) is 11.7. The summed E-state index contributed by atoms with van der Waals surface area (Å²) < 4.78 is 6.01. The molecule has 17 heavy (non-hydrogen) atoms. The average molecular weight is 231 g/mol. The van der Waals surface area contributed by atoms with E-state index in [-0.39, 0.29) is 0 Å². The Balaban J connectivity index is 1.83. The van der Waals surface area contributed by atoms with E-state index in [9.17, 15) is 0 Å². The first-order chi connectivity index (χ1) is 8.38. The van der Waals surface area contributed by atoms with Crippen LogP contribution >= 0.6 is 0 Å². The molecule has 2 atom stereocenters. The lowest BCUT2D eigenvalue weighted by Gasteiger charge is -2.42. The van der Waals surface area contributed by atoms with Gasteiger partial charge in [0.1, 0.15) is 0 Å². The van der Waals surface area contributed by atoms with Gasteiger partial charge in [-0.2, -0.15) is 0 Å². The molecule has 92 valence electrons. The fraction of sp³-hybridized carbons (Fsp3) is 0.600. The third-order valence-electron chi connectivity index (χ3n) is 4.08. The monoisotopic (exact) mass is 231 g/mol. The van der Waals surface area contributed by atoms with Crippen LogP contribution in [-0.2, 0) is 11.3 Å². The predicted molar refractivity (Wildman–Crippen MR) is 69.1 cm³/mol. The molecule has 0 aromatic heterocycles. The molecule has 0 bridgehead atoms. The largest absolute Gasteiger partial charge is 0.373 e. The molecule has 2 aliphatic heterocycles. The lowest BCUT2D eigenvalue weighted by molar-refractivity contribution is -0.0310. The maximum atomic E-state index is 6.01. The third-order valence-corrected chi connectivity index (χ3v) is 4.08. The minimum atomic E-state index is 0.456. The molecule has 1 saturated heterocycles. The standard InChI is InChI=1S/C15H21NO/c1-2-8-16-9-7-15-14(10-16)13-6-4-3-5-12(13)11-17-15/h3-6,14-15H,2,7-11H2,1H3/t14-,15+/m1/s1. The molecule has 0 unspecified atom stereocenters. The van der Waals surface area contributed by atoms with Crippen molar-refractivity contribution in [2.45, 2.75) is 38.4 Å². The molecular weight excluding hydrogens is 210 g/mol. The van der Waals surface area contributed by atoms with Crippen LogP contribution in [0.25, 0.3) is 0 Å². The van der Waals surface area contributed by atoms with Crippen molar-refractivity contribution in [2.24, 2.45) is 0 Å². The summed E-state index contributed by atoms with van der Waals surface area (Å²) in [5.74, 6) is 0.597. The first kappa shape index (κ1) is 11.2. The highest BCUT2D eigenvalue weighted by molar-refractivity contribution is 5.33. The first-order valence-corrected chi connectivity index (χ1v) is 6.80. The zero-order valence-electron chi connectivity index (χ0n) is 10.6. The van der Waals surface area contributed by atoms with Gasteiger partial charge < -0.3 is 9.64 Å². The quantitative estimate of drug-likeness (QED) is 0.776. The van der Waals surface area contributed by atoms with E-state index < -0.39 is 0 Å². The van der Waals surface area contributed by atoms with Gasteiger partial charge in [0.2, 0.25) is 0 Å². The number of nitrogens with zero attached hydrogens (tertiary/aromatic N) is 1. The number of rotatable bonds is 2. The number of ether oxygens (including phenoxy) is 1. The van der Waals surface area contributed by atoms with Crippen LogP contribution in [0, 0.1) is 0 Å². The Morgan fingerprint density at radius 3 is 3.12 bits per heavy atom. The van der Waals surface area contributed by atoms with Gasteiger partial charge >= 0.3 is 0 Å². The number of likely N-dealkylation sites (tertiary alicyclic amines) is 1. The second kappa shape index (κ2) is 4.79. The van der Waals surface area contributed by atoms with Gasteiger partial charge in [-0.15, -0.1) is 0 Å². The van der Waals surface area contributed by atoms with Gasteiger partial charge in [0, 0.05) is 19.0 Å². The first-order valence-electron chi connectivity index (χ1n) is 6.80. The van der Waals surface area contributed by atoms with Gasteiger partial charge in [0.15, 0.2) is 0 Å². The van der Waals surface area contributed by atoms with E-state index >= 15 is 0 Å². The molecule has 1 fully saturated rings. The summed E-state index contributed by atoms with van der Waals surface area (Å²) in [6.07, 6.45) is 2.90. The van der Waals surface area contributed by atoms with Crippen molar-refractivity contribution in [1.82, 2.24) is 4.90 Å². The lowest BCUT2D eigenvalue weighted by Crippen LogP contribution is -2.45. The van der Waals surface area contributed by atoms with Gasteiger partial charge in [-0.3, -0.25) is 0 Å². The number of piperidine rings is 1. The highest BCUT2D eigenvalue weighted by atomic mass is 16.5. The van der Waals surface area contributed by atoms with Gasteiger partial charge in [-0.25, -0.2) is 0 Å². The number of hydrogen-bond acceptors (Lipinski definition) is 2. The maximum absolute atomic E-state index is 6.01. The Morgan fingerprint density at radius 1 is 1.35 bits per heavy atom. The highest BCUT2D eigenvalue weighted by Crippen LogP contribution is 2.36. The van der Waals surface area contributed by atoms with Gasteiger partial charge in [-0.05, 0) is 30.5 Å². The molecule has 2 heteroatoms. The van der Waals surface area contributed by atoms with Crippen LogP contribution < -0.4 is 0 Å². The summed E-state index contributed by atoms with van der Waals surface area (Å²) in [6.45, 7) is 6.68. The van der Waals surface area contributed by atoms with Crippen molar-refractivity contribution in [1.29, 1.82) is 0 Å². The Hall–Kier alpha value is -0.860. The van der Waals surface area contributed by atoms with Gasteiger partial charge in [-0.1, -0.05) is 31.2 Å². The fourth-order valence-electron chi connectivity index (χ4n) is 3.24. The molecule has 1 aromatic carbocycles. The minimum absolute atomic E-state index is 0.456. The fourth-order valence-corrected chi connectivity index (χ4v) is 3.24. The van der Waals surface area contributed by atoms with E-state index in [1.165, 1.54) is 43.6 Å². The average Bonchev–Trinajstić information content (AvgIpc) is 2.39. The second-order valence-electron chi connectivity index (χ2n) is 5.24. The summed E-state index contributed by atoms with van der Waals surface area (Å²) in [5, 5.41) is 0. The second-order valence-corrected chi connectivity index (χ2v) is 5.24. The van der Waals surface area contributed by atoms with Crippen LogP contribution in [0.3, 0.4) is 0 Å². The number of fused-ring (bicyclic) bond motifs is 3. The Bertz CT molecular complexity index is 390. The number of hydrogen-bond donors (Lipinski definition) is 0. The molecule has 2 aliphatic rings. The normalized spacial score (nSPS) is 28.5. The van der Waals surface area contributed by atoms with E-state index in [0.29, 0.717) is 12.0 Å². The van der Waals surface area contributed by atoms with Crippen LogP contribution in [0.5, 0.6) is 0 Å². The Kier molecular flexibility index (Phi) is 3.17. The van der Waals surface area contributed by atoms with E-state index in [4.69, 9.17) is 4.74 Å². The highest BCUT2D eigenvalue weighted by Gasteiger charge is 2.34. The molecule has 2 heterocycles. The minimum Gasteiger partial charge on any atom is -0.373 e. The SMILES string of the molecule is CCCN1CC[C@@H]2OCc3ccccc3[C@H]2C1. The summed E-state index contributed by atoms with van der Waals surface area (Å²) in [4.78, 5) is 2.59. The molecule has 0 saturated carbocycles. The van der Waals surface area contributed by atoms with Crippen LogP contribution in [0.15, 0.2) is 24.3 Å². The van der Waals surface area contributed by atoms with Crippen LogP contribution in [-0.4, -0.2) is 30.6 Å². The van der Waals surface area contributed by atoms with Gasteiger partial charge in [0.25, 0.3) is 0 Å². The Labute approximate surface area is 104 Å². The molecule has 0 radical (unpaired) electrons. The van der Waals surface area contributed by atoms with Gasteiger partial charge in [0.05, 0.1) is 12.7 Å². The topological polar surface area (TPSA) is 12.5 Å². The molecule has 2 nitrogen and oxygen atoms in total. The Morgan fingerprint density at radius 2 is 2.24 bits per heavy atom. The number of benzene rings is 1. The van der Waals surface area contributed by atoms with Crippen molar-refractivity contribution in [3.05, 3.63) is 35.4 Å². The summed E-state index contributed by atoms with van der Waals surface area (Å²) >= 11 is 0. The summed E-state index contributed by atoms with van der Waals surface area (Å²) in [6, 6.07) is 8.80. The van der Waals surface area contributed by atoms with E-state index in [1.54, 1.807) is 0 Å². The molecular formula is C15H21NO. The van der Waals surface area contributed by atoms with Crippen LogP contribution in [0.1, 0.15) is 36.8 Å². The van der Waals surface area contributed by atoms with Crippen molar-refractivity contribution in [3.63, 3.8) is 0 Å². The lowest BCUT2D eigenvalue weighted by atomic mass is 9.83. The zero-order valence-corrected chi connectivity index (χ0v) is 10.6. The third kappa shape index (κ3) is 2.12. The van der Waals surface area contributed by atoms with E-state index in [0.717, 1.165) is 6.61 Å². The van der Waals surface area contributed by atoms with E-state index in [2.05, 4.69) is 36.1 Å². The van der Waals surface area contributed by atoms with E-state index in [1.807, 2.05) is 0 Å². The summed E-state index contributed by atoms with van der Waals surface area (Å²) in [5.41, 5.74) is 2.93. The van der Waals surface area contributed by atoms with Crippen molar-refractivity contribution < 1.29 is 4.74 Å².